The zero-order valence-electron chi connectivity index (χ0n) is 17.6. The number of benzene rings is 2. The fraction of sp³-hybridized carbons (Fsp3) is 0.538. The van der Waals surface area contributed by atoms with Crippen LogP contribution in [-0.2, 0) is 24.1 Å². The summed E-state index contributed by atoms with van der Waals surface area (Å²) in [4.78, 5) is 0. The molecule has 2 aromatic rings. The second-order valence-corrected chi connectivity index (χ2v) is 11.8. The van der Waals surface area contributed by atoms with Crippen LogP contribution in [0.25, 0.3) is 0 Å². The SMILES string of the molecule is CCc1ccc2c3c1C1(CC1)C1(CC1)CC3CCN(SCc1ccc(Cl)c(Cl)c1)C2. The number of hydrogen-bond donors (Lipinski definition) is 0. The molecule has 30 heavy (non-hydrogen) atoms. The molecule has 4 heteroatoms. The number of halogens is 2. The summed E-state index contributed by atoms with van der Waals surface area (Å²) in [5, 5.41) is 1.29. The first-order chi connectivity index (χ1) is 14.6. The summed E-state index contributed by atoms with van der Waals surface area (Å²) >= 11 is 14.3. The lowest BCUT2D eigenvalue weighted by Crippen LogP contribution is -2.33. The first kappa shape index (κ1) is 20.0. The molecule has 1 unspecified atom stereocenters. The molecular weight excluding hydrogens is 429 g/mol. The summed E-state index contributed by atoms with van der Waals surface area (Å²) in [6.45, 7) is 4.60. The molecule has 0 aromatic heterocycles. The van der Waals surface area contributed by atoms with Crippen LogP contribution in [-0.4, -0.2) is 10.8 Å². The predicted octanol–water partition coefficient (Wildman–Crippen LogP) is 7.91. The molecule has 3 aliphatic carbocycles. The smallest absolute Gasteiger partial charge is 0.0595 e. The van der Waals surface area contributed by atoms with E-state index < -0.39 is 0 Å². The standard InChI is InChI=1S/C26H29Cl2NS/c1-2-18-4-5-20-15-29(30-16-17-3-6-21(27)22(28)13-17)12-7-19-14-25(8-9-25)26(10-11-26)24(18)23(19)20/h3-6,13,19H,2,7-12,14-16H2,1H3. The molecule has 1 heterocycles. The van der Waals surface area contributed by atoms with E-state index in [1.807, 2.05) is 29.6 Å². The summed E-state index contributed by atoms with van der Waals surface area (Å²) in [6, 6.07) is 11.0. The summed E-state index contributed by atoms with van der Waals surface area (Å²) in [5.41, 5.74) is 9.33. The molecule has 158 valence electrons. The van der Waals surface area contributed by atoms with E-state index in [2.05, 4.69) is 29.4 Å². The van der Waals surface area contributed by atoms with Gasteiger partial charge in [0.2, 0.25) is 0 Å². The highest BCUT2D eigenvalue weighted by Gasteiger charge is 2.69. The number of hydrogen-bond acceptors (Lipinski definition) is 2. The van der Waals surface area contributed by atoms with Crippen LogP contribution in [0.2, 0.25) is 10.0 Å². The number of nitrogens with zero attached hydrogens (tertiary/aromatic N) is 1. The molecule has 4 aliphatic rings. The van der Waals surface area contributed by atoms with E-state index in [9.17, 15) is 0 Å². The van der Waals surface area contributed by atoms with Crippen molar-refractivity contribution in [2.45, 2.75) is 75.5 Å². The molecule has 0 N–H and O–H groups in total. The predicted molar refractivity (Wildman–Crippen MR) is 129 cm³/mol. The van der Waals surface area contributed by atoms with E-state index >= 15 is 0 Å². The Balaban J connectivity index is 1.30. The quantitative estimate of drug-likeness (QED) is 0.428. The van der Waals surface area contributed by atoms with E-state index in [1.165, 1.54) is 57.1 Å². The Morgan fingerprint density at radius 3 is 2.60 bits per heavy atom. The third-order valence-corrected chi connectivity index (χ3v) is 10.3. The molecule has 2 saturated carbocycles. The van der Waals surface area contributed by atoms with E-state index in [-0.39, 0.29) is 0 Å². The summed E-state index contributed by atoms with van der Waals surface area (Å²) < 4.78 is 2.60. The Morgan fingerprint density at radius 1 is 1.07 bits per heavy atom. The van der Waals surface area contributed by atoms with Gasteiger partial charge in [-0.05, 0) is 96.2 Å². The van der Waals surface area contributed by atoms with Crippen LogP contribution in [0, 0.1) is 5.41 Å². The Labute approximate surface area is 194 Å². The molecule has 0 saturated heterocycles. The summed E-state index contributed by atoms with van der Waals surface area (Å²) in [5.74, 6) is 1.72. The van der Waals surface area contributed by atoms with Crippen LogP contribution in [0.4, 0.5) is 0 Å². The first-order valence-corrected chi connectivity index (χ1v) is 13.2. The van der Waals surface area contributed by atoms with Gasteiger partial charge in [-0.1, -0.05) is 60.3 Å². The van der Waals surface area contributed by atoms with Gasteiger partial charge in [-0.15, -0.1) is 0 Å². The molecule has 1 nitrogen and oxygen atoms in total. The second kappa shape index (κ2) is 7.17. The van der Waals surface area contributed by atoms with Crippen molar-refractivity contribution in [2.24, 2.45) is 5.41 Å². The van der Waals surface area contributed by atoms with Gasteiger partial charge in [-0.2, -0.15) is 0 Å². The summed E-state index contributed by atoms with van der Waals surface area (Å²) in [7, 11) is 0. The Hall–Kier alpha value is -0.670. The molecular formula is C26H29Cl2NS. The lowest BCUT2D eigenvalue weighted by atomic mass is 9.62. The van der Waals surface area contributed by atoms with Crippen LogP contribution in [0.5, 0.6) is 0 Å². The minimum absolute atomic E-state index is 0.558. The first-order valence-electron chi connectivity index (χ1n) is 11.5. The third-order valence-electron chi connectivity index (χ3n) is 8.42. The van der Waals surface area contributed by atoms with E-state index in [4.69, 9.17) is 23.2 Å². The molecule has 2 aromatic carbocycles. The number of aryl methyl sites for hydroxylation is 1. The zero-order chi connectivity index (χ0) is 20.5. The molecule has 1 atom stereocenters. The lowest BCUT2D eigenvalue weighted by molar-refractivity contribution is 0.281. The van der Waals surface area contributed by atoms with Gasteiger partial charge in [0, 0.05) is 24.3 Å². The van der Waals surface area contributed by atoms with Crippen molar-refractivity contribution < 1.29 is 0 Å². The number of rotatable bonds is 4. The zero-order valence-corrected chi connectivity index (χ0v) is 20.0. The van der Waals surface area contributed by atoms with Gasteiger partial charge in [0.15, 0.2) is 0 Å². The van der Waals surface area contributed by atoms with E-state index in [0.717, 1.165) is 18.2 Å². The van der Waals surface area contributed by atoms with Gasteiger partial charge in [0.1, 0.15) is 0 Å². The van der Waals surface area contributed by atoms with Crippen molar-refractivity contribution in [3.05, 3.63) is 68.2 Å². The molecule has 6 rings (SSSR count). The molecule has 2 spiro atoms. The highest BCUT2D eigenvalue weighted by atomic mass is 35.5. The highest BCUT2D eigenvalue weighted by Crippen LogP contribution is 2.77. The van der Waals surface area contributed by atoms with E-state index in [0.29, 0.717) is 20.9 Å². The van der Waals surface area contributed by atoms with Gasteiger partial charge in [0.25, 0.3) is 0 Å². The molecule has 0 radical (unpaired) electrons. The molecule has 0 bridgehead atoms. The van der Waals surface area contributed by atoms with Crippen LogP contribution in [0.3, 0.4) is 0 Å². The van der Waals surface area contributed by atoms with Crippen LogP contribution in [0.1, 0.15) is 79.2 Å². The van der Waals surface area contributed by atoms with Gasteiger partial charge < -0.3 is 0 Å². The maximum atomic E-state index is 6.23. The van der Waals surface area contributed by atoms with Crippen molar-refractivity contribution in [3.63, 3.8) is 0 Å². The lowest BCUT2D eigenvalue weighted by Gasteiger charge is -2.41. The van der Waals surface area contributed by atoms with Crippen LogP contribution >= 0.6 is 35.1 Å². The maximum Gasteiger partial charge on any atom is 0.0595 e. The fourth-order valence-corrected chi connectivity index (χ4v) is 7.96. The molecule has 1 aliphatic heterocycles. The van der Waals surface area contributed by atoms with Crippen molar-refractivity contribution in [1.29, 1.82) is 0 Å². The van der Waals surface area contributed by atoms with Crippen molar-refractivity contribution in [2.75, 3.05) is 6.54 Å². The Bertz CT molecular complexity index is 1010. The van der Waals surface area contributed by atoms with E-state index in [1.54, 1.807) is 16.7 Å². The van der Waals surface area contributed by atoms with Gasteiger partial charge in [-0.3, -0.25) is 0 Å². The fourth-order valence-electron chi connectivity index (χ4n) is 6.67. The minimum Gasteiger partial charge on any atom is -0.246 e. The maximum absolute atomic E-state index is 6.23. The minimum atomic E-state index is 0.558. The topological polar surface area (TPSA) is 3.24 Å². The Morgan fingerprint density at radius 2 is 1.90 bits per heavy atom. The van der Waals surface area contributed by atoms with Gasteiger partial charge >= 0.3 is 0 Å². The van der Waals surface area contributed by atoms with Crippen molar-refractivity contribution in [3.8, 4) is 0 Å². The van der Waals surface area contributed by atoms with Crippen molar-refractivity contribution >= 4 is 35.1 Å². The Kier molecular flexibility index (Phi) is 4.77. The molecule has 0 amide bonds. The third kappa shape index (κ3) is 3.01. The second-order valence-electron chi connectivity index (χ2n) is 9.96. The average molecular weight is 458 g/mol. The normalized spacial score (nSPS) is 25.2. The van der Waals surface area contributed by atoms with Crippen molar-refractivity contribution in [1.82, 2.24) is 4.31 Å². The molecule has 2 fully saturated rings. The van der Waals surface area contributed by atoms with Crippen LogP contribution in [0.15, 0.2) is 30.3 Å². The highest BCUT2D eigenvalue weighted by molar-refractivity contribution is 7.96. The summed E-state index contributed by atoms with van der Waals surface area (Å²) in [6.07, 6.45) is 9.78. The number of fused-ring (bicyclic) bond motifs is 2. The average Bonchev–Trinajstić information content (AvgIpc) is 3.65. The van der Waals surface area contributed by atoms with Crippen LogP contribution < -0.4 is 0 Å². The van der Waals surface area contributed by atoms with Gasteiger partial charge in [0.05, 0.1) is 10.0 Å². The van der Waals surface area contributed by atoms with Gasteiger partial charge in [-0.25, -0.2) is 4.31 Å². The largest absolute Gasteiger partial charge is 0.246 e. The monoisotopic (exact) mass is 457 g/mol.